The first-order valence-corrected chi connectivity index (χ1v) is 6.00. The molecule has 0 radical (unpaired) electrons. The van der Waals surface area contributed by atoms with E-state index in [4.69, 9.17) is 10.5 Å². The molecule has 0 spiro atoms. The van der Waals surface area contributed by atoms with Gasteiger partial charge >= 0.3 is 0 Å². The summed E-state index contributed by atoms with van der Waals surface area (Å²) in [5, 5.41) is 3.36. The first kappa shape index (κ1) is 12.3. The van der Waals surface area contributed by atoms with Crippen LogP contribution in [0.2, 0.25) is 0 Å². The molecule has 0 atom stereocenters. The average Bonchev–Trinajstić information content (AvgIpc) is 2.41. The standard InChI is InChI=1S/C15H18N2O/c1-18-15-4-2-3-12(11-15)9-10-17-14-7-5-13(16)6-8-14/h2-8,11,17H,9-10,16H2,1H3. The lowest BCUT2D eigenvalue weighted by Gasteiger charge is -2.07. The molecule has 0 saturated heterocycles. The third-order valence-electron chi connectivity index (χ3n) is 2.79. The number of benzene rings is 2. The number of hydrogen-bond donors (Lipinski definition) is 2. The van der Waals surface area contributed by atoms with Gasteiger partial charge < -0.3 is 15.8 Å². The molecule has 2 aromatic rings. The molecule has 0 bridgehead atoms. The molecular weight excluding hydrogens is 224 g/mol. The Morgan fingerprint density at radius 1 is 1.11 bits per heavy atom. The second-order valence-electron chi connectivity index (χ2n) is 4.15. The van der Waals surface area contributed by atoms with Crippen LogP contribution in [0.25, 0.3) is 0 Å². The predicted octanol–water partition coefficient (Wildman–Crippen LogP) is 2.93. The van der Waals surface area contributed by atoms with Gasteiger partial charge in [0, 0.05) is 17.9 Å². The van der Waals surface area contributed by atoms with Gasteiger partial charge in [0.2, 0.25) is 0 Å². The van der Waals surface area contributed by atoms with Crippen molar-refractivity contribution in [3.05, 3.63) is 54.1 Å². The van der Waals surface area contributed by atoms with Crippen LogP contribution >= 0.6 is 0 Å². The van der Waals surface area contributed by atoms with Crippen LogP contribution in [0.5, 0.6) is 5.75 Å². The van der Waals surface area contributed by atoms with E-state index in [-0.39, 0.29) is 0 Å². The highest BCUT2D eigenvalue weighted by Gasteiger charge is 1.96. The Bertz CT molecular complexity index is 494. The normalized spacial score (nSPS) is 10.1. The summed E-state index contributed by atoms with van der Waals surface area (Å²) < 4.78 is 5.20. The van der Waals surface area contributed by atoms with Crippen molar-refractivity contribution >= 4 is 11.4 Å². The fraction of sp³-hybridized carbons (Fsp3) is 0.200. The topological polar surface area (TPSA) is 47.3 Å². The Morgan fingerprint density at radius 3 is 2.61 bits per heavy atom. The van der Waals surface area contributed by atoms with E-state index in [0.29, 0.717) is 0 Å². The van der Waals surface area contributed by atoms with Crippen molar-refractivity contribution in [1.82, 2.24) is 0 Å². The van der Waals surface area contributed by atoms with Gasteiger partial charge in [-0.05, 0) is 48.4 Å². The van der Waals surface area contributed by atoms with Gasteiger partial charge in [-0.2, -0.15) is 0 Å². The van der Waals surface area contributed by atoms with Gasteiger partial charge in [-0.15, -0.1) is 0 Å². The van der Waals surface area contributed by atoms with Crippen LogP contribution in [0.4, 0.5) is 11.4 Å². The zero-order valence-corrected chi connectivity index (χ0v) is 10.5. The Morgan fingerprint density at radius 2 is 1.89 bits per heavy atom. The molecule has 0 saturated carbocycles. The van der Waals surface area contributed by atoms with E-state index in [9.17, 15) is 0 Å². The molecule has 0 amide bonds. The van der Waals surface area contributed by atoms with E-state index in [1.165, 1.54) is 5.56 Å². The molecule has 3 heteroatoms. The van der Waals surface area contributed by atoms with Gasteiger partial charge in [-0.1, -0.05) is 12.1 Å². The van der Waals surface area contributed by atoms with Crippen LogP contribution in [-0.4, -0.2) is 13.7 Å². The molecule has 2 aromatic carbocycles. The van der Waals surface area contributed by atoms with Crippen molar-refractivity contribution in [1.29, 1.82) is 0 Å². The SMILES string of the molecule is COc1cccc(CCNc2ccc(N)cc2)c1. The van der Waals surface area contributed by atoms with Crippen LogP contribution in [0, 0.1) is 0 Å². The van der Waals surface area contributed by atoms with Crippen LogP contribution in [0.1, 0.15) is 5.56 Å². The number of ether oxygens (including phenoxy) is 1. The molecule has 0 unspecified atom stereocenters. The molecule has 0 heterocycles. The Labute approximate surface area is 108 Å². The number of anilines is 2. The zero-order chi connectivity index (χ0) is 12.8. The van der Waals surface area contributed by atoms with Crippen LogP contribution in [-0.2, 0) is 6.42 Å². The first-order valence-electron chi connectivity index (χ1n) is 6.00. The quantitative estimate of drug-likeness (QED) is 0.792. The molecule has 3 N–H and O–H groups in total. The highest BCUT2D eigenvalue weighted by Crippen LogP contribution is 2.14. The second kappa shape index (κ2) is 5.96. The van der Waals surface area contributed by atoms with Crippen molar-refractivity contribution in [3.63, 3.8) is 0 Å². The van der Waals surface area contributed by atoms with E-state index in [1.807, 2.05) is 36.4 Å². The number of rotatable bonds is 5. The predicted molar refractivity (Wildman–Crippen MR) is 76.0 cm³/mol. The van der Waals surface area contributed by atoms with Crippen molar-refractivity contribution in [3.8, 4) is 5.75 Å². The zero-order valence-electron chi connectivity index (χ0n) is 10.5. The molecule has 0 aliphatic rings. The monoisotopic (exact) mass is 242 g/mol. The molecule has 0 fully saturated rings. The number of nitrogen functional groups attached to an aromatic ring is 1. The van der Waals surface area contributed by atoms with Crippen molar-refractivity contribution in [2.75, 3.05) is 24.7 Å². The third kappa shape index (κ3) is 3.42. The molecular formula is C15H18N2O. The fourth-order valence-electron chi connectivity index (χ4n) is 1.78. The second-order valence-corrected chi connectivity index (χ2v) is 4.15. The Kier molecular flexibility index (Phi) is 4.07. The van der Waals surface area contributed by atoms with Gasteiger partial charge in [0.1, 0.15) is 5.75 Å². The largest absolute Gasteiger partial charge is 0.497 e. The Balaban J connectivity index is 1.86. The summed E-state index contributed by atoms with van der Waals surface area (Å²) in [5.74, 6) is 0.903. The summed E-state index contributed by atoms with van der Waals surface area (Å²) in [6.45, 7) is 0.886. The molecule has 0 aliphatic heterocycles. The van der Waals surface area contributed by atoms with Gasteiger partial charge in [-0.25, -0.2) is 0 Å². The maximum absolute atomic E-state index is 5.64. The van der Waals surface area contributed by atoms with E-state index in [1.54, 1.807) is 7.11 Å². The van der Waals surface area contributed by atoms with E-state index in [2.05, 4.69) is 17.4 Å². The average molecular weight is 242 g/mol. The lowest BCUT2D eigenvalue weighted by Crippen LogP contribution is -2.04. The van der Waals surface area contributed by atoms with Crippen LogP contribution in [0.15, 0.2) is 48.5 Å². The van der Waals surface area contributed by atoms with E-state index >= 15 is 0 Å². The minimum absolute atomic E-state index is 0.786. The van der Waals surface area contributed by atoms with Crippen molar-refractivity contribution in [2.24, 2.45) is 0 Å². The maximum atomic E-state index is 5.64. The van der Waals surface area contributed by atoms with Gasteiger partial charge in [0.15, 0.2) is 0 Å². The maximum Gasteiger partial charge on any atom is 0.119 e. The molecule has 3 nitrogen and oxygen atoms in total. The van der Waals surface area contributed by atoms with Crippen molar-refractivity contribution in [2.45, 2.75) is 6.42 Å². The summed E-state index contributed by atoms with van der Waals surface area (Å²) in [6, 6.07) is 15.9. The van der Waals surface area contributed by atoms with Crippen molar-refractivity contribution < 1.29 is 4.74 Å². The lowest BCUT2D eigenvalue weighted by atomic mass is 10.1. The summed E-state index contributed by atoms with van der Waals surface area (Å²) in [7, 11) is 1.69. The summed E-state index contributed by atoms with van der Waals surface area (Å²) in [6.07, 6.45) is 0.960. The highest BCUT2D eigenvalue weighted by molar-refractivity contribution is 5.51. The molecule has 18 heavy (non-hydrogen) atoms. The fourth-order valence-corrected chi connectivity index (χ4v) is 1.78. The summed E-state index contributed by atoms with van der Waals surface area (Å²) in [5.41, 5.74) is 8.77. The molecule has 2 rings (SSSR count). The molecule has 0 aliphatic carbocycles. The third-order valence-corrected chi connectivity index (χ3v) is 2.79. The lowest BCUT2D eigenvalue weighted by molar-refractivity contribution is 0.414. The smallest absolute Gasteiger partial charge is 0.119 e. The number of nitrogens with two attached hydrogens (primary N) is 1. The van der Waals surface area contributed by atoms with Gasteiger partial charge in [-0.3, -0.25) is 0 Å². The minimum Gasteiger partial charge on any atom is -0.497 e. The summed E-state index contributed by atoms with van der Waals surface area (Å²) >= 11 is 0. The van der Waals surface area contributed by atoms with E-state index < -0.39 is 0 Å². The minimum atomic E-state index is 0.786. The summed E-state index contributed by atoms with van der Waals surface area (Å²) in [4.78, 5) is 0. The number of nitrogens with one attached hydrogen (secondary N) is 1. The Hall–Kier alpha value is -2.16. The van der Waals surface area contributed by atoms with Crippen LogP contribution < -0.4 is 15.8 Å². The van der Waals surface area contributed by atoms with E-state index in [0.717, 1.165) is 30.1 Å². The van der Waals surface area contributed by atoms with Gasteiger partial charge in [0.05, 0.1) is 7.11 Å². The number of methoxy groups -OCH3 is 1. The highest BCUT2D eigenvalue weighted by atomic mass is 16.5. The van der Waals surface area contributed by atoms with Crippen LogP contribution in [0.3, 0.4) is 0 Å². The first-order chi connectivity index (χ1) is 8.78. The molecule has 0 aromatic heterocycles. The van der Waals surface area contributed by atoms with Gasteiger partial charge in [0.25, 0.3) is 0 Å². The molecule has 94 valence electrons. The number of hydrogen-bond acceptors (Lipinski definition) is 3.